The predicted octanol–water partition coefficient (Wildman–Crippen LogP) is 4.19. The average molecular weight is 276 g/mol. The lowest BCUT2D eigenvalue weighted by molar-refractivity contribution is 0.0216. The van der Waals surface area contributed by atoms with Crippen LogP contribution in [0.3, 0.4) is 0 Å². The Morgan fingerprint density at radius 1 is 1.05 bits per heavy atom. The summed E-state index contributed by atoms with van der Waals surface area (Å²) in [5, 5.41) is 0. The summed E-state index contributed by atoms with van der Waals surface area (Å²) in [6.07, 6.45) is 0. The number of hydrogen-bond donors (Lipinski definition) is 0. The van der Waals surface area contributed by atoms with Gasteiger partial charge in [-0.15, -0.1) is 0 Å². The Morgan fingerprint density at radius 2 is 1.65 bits per heavy atom. The van der Waals surface area contributed by atoms with Crippen LogP contribution in [0.25, 0.3) is 0 Å². The minimum Gasteiger partial charge on any atom is -0.298 e. The molecule has 0 aromatic heterocycles. The third kappa shape index (κ3) is 4.07. The third-order valence-electron chi connectivity index (χ3n) is 4.35. The molecule has 1 aromatic carbocycles. The molecule has 2 nitrogen and oxygen atoms in total. The lowest BCUT2D eigenvalue weighted by Gasteiger charge is -2.46. The summed E-state index contributed by atoms with van der Waals surface area (Å²) in [4.78, 5) is 5.23. The van der Waals surface area contributed by atoms with E-state index in [9.17, 15) is 0 Å². The number of benzene rings is 1. The van der Waals surface area contributed by atoms with Crippen LogP contribution in [0.4, 0.5) is 0 Å². The van der Waals surface area contributed by atoms with Gasteiger partial charge < -0.3 is 0 Å². The second-order valence-electron chi connectivity index (χ2n) is 5.57. The second kappa shape index (κ2) is 8.43. The van der Waals surface area contributed by atoms with E-state index in [1.54, 1.807) is 0 Å². The standard InChI is InChI=1S/C16H26N2.C2H6/c1-5-17-11-14(3)18(12-13(17)2)15(4)16-9-7-6-8-10-16;1-2/h6-10,13-15H,5,11-12H2,1-4H3;1-2H3/t13-,14+,15+;/m1./s1. The Balaban J connectivity index is 0.000000956. The highest BCUT2D eigenvalue weighted by molar-refractivity contribution is 5.18. The number of hydrogen-bond acceptors (Lipinski definition) is 2. The van der Waals surface area contributed by atoms with Crippen LogP contribution in [0.1, 0.15) is 53.1 Å². The fourth-order valence-electron chi connectivity index (χ4n) is 3.13. The minimum absolute atomic E-state index is 0.516. The van der Waals surface area contributed by atoms with Crippen molar-refractivity contribution in [3.05, 3.63) is 35.9 Å². The van der Waals surface area contributed by atoms with Crippen molar-refractivity contribution in [1.29, 1.82) is 0 Å². The summed E-state index contributed by atoms with van der Waals surface area (Å²) in [6, 6.07) is 12.7. The first-order valence-corrected chi connectivity index (χ1v) is 8.18. The normalized spacial score (nSPS) is 25.7. The van der Waals surface area contributed by atoms with Crippen LogP contribution in [0.2, 0.25) is 0 Å². The van der Waals surface area contributed by atoms with Crippen molar-refractivity contribution in [2.45, 2.75) is 59.7 Å². The van der Waals surface area contributed by atoms with Crippen LogP contribution in [0.5, 0.6) is 0 Å². The van der Waals surface area contributed by atoms with E-state index in [4.69, 9.17) is 0 Å². The molecule has 0 radical (unpaired) electrons. The fraction of sp³-hybridized carbons (Fsp3) is 0.667. The molecule has 1 aromatic rings. The zero-order valence-electron chi connectivity index (χ0n) is 14.1. The fourth-order valence-corrected chi connectivity index (χ4v) is 3.13. The lowest BCUT2D eigenvalue weighted by atomic mass is 10.0. The molecule has 114 valence electrons. The summed E-state index contributed by atoms with van der Waals surface area (Å²) >= 11 is 0. The summed E-state index contributed by atoms with van der Waals surface area (Å²) in [5.41, 5.74) is 1.43. The van der Waals surface area contributed by atoms with Crippen molar-refractivity contribution in [3.63, 3.8) is 0 Å². The SMILES string of the molecule is CC.CCN1C[C@H](C)N([C@@H](C)c2ccccc2)C[C@H]1C. The highest BCUT2D eigenvalue weighted by atomic mass is 15.3. The molecule has 1 aliphatic heterocycles. The molecule has 1 heterocycles. The van der Waals surface area contributed by atoms with Crippen LogP contribution in [0, 0.1) is 0 Å². The Labute approximate surface area is 125 Å². The van der Waals surface area contributed by atoms with Gasteiger partial charge in [0.15, 0.2) is 0 Å². The first-order chi connectivity index (χ1) is 9.63. The second-order valence-corrected chi connectivity index (χ2v) is 5.57. The number of likely N-dealkylation sites (N-methyl/N-ethyl adjacent to an activating group) is 1. The summed E-state index contributed by atoms with van der Waals surface area (Å²) in [6.45, 7) is 16.8. The van der Waals surface area contributed by atoms with Crippen LogP contribution in [0.15, 0.2) is 30.3 Å². The van der Waals surface area contributed by atoms with Crippen molar-refractivity contribution in [1.82, 2.24) is 9.80 Å². The molecule has 20 heavy (non-hydrogen) atoms. The van der Waals surface area contributed by atoms with Gasteiger partial charge in [0.05, 0.1) is 0 Å². The van der Waals surface area contributed by atoms with Crippen LogP contribution < -0.4 is 0 Å². The molecule has 3 atom stereocenters. The Bertz CT molecular complexity index is 363. The largest absolute Gasteiger partial charge is 0.298 e. The molecule has 0 spiro atoms. The molecule has 0 saturated carbocycles. The van der Waals surface area contributed by atoms with Gasteiger partial charge in [-0.2, -0.15) is 0 Å². The van der Waals surface area contributed by atoms with Crippen LogP contribution >= 0.6 is 0 Å². The van der Waals surface area contributed by atoms with Gasteiger partial charge in [-0.1, -0.05) is 51.1 Å². The van der Waals surface area contributed by atoms with E-state index in [-0.39, 0.29) is 0 Å². The zero-order valence-corrected chi connectivity index (χ0v) is 14.1. The van der Waals surface area contributed by atoms with Gasteiger partial charge in [0.1, 0.15) is 0 Å². The minimum atomic E-state index is 0.516. The third-order valence-corrected chi connectivity index (χ3v) is 4.35. The van der Waals surface area contributed by atoms with Crippen molar-refractivity contribution in [3.8, 4) is 0 Å². The molecule has 2 heteroatoms. The van der Waals surface area contributed by atoms with Crippen molar-refractivity contribution < 1.29 is 0 Å². The number of nitrogens with zero attached hydrogens (tertiary/aromatic N) is 2. The molecule has 0 bridgehead atoms. The Hall–Kier alpha value is -0.860. The molecular formula is C18H32N2. The molecule has 2 rings (SSSR count). The molecule has 0 unspecified atom stereocenters. The average Bonchev–Trinajstić information content (AvgIpc) is 2.51. The van der Waals surface area contributed by atoms with E-state index in [0.29, 0.717) is 18.1 Å². The molecule has 1 saturated heterocycles. The van der Waals surface area contributed by atoms with Gasteiger partial charge in [0.2, 0.25) is 0 Å². The van der Waals surface area contributed by atoms with E-state index < -0.39 is 0 Å². The van der Waals surface area contributed by atoms with E-state index >= 15 is 0 Å². The van der Waals surface area contributed by atoms with E-state index in [0.717, 1.165) is 0 Å². The first kappa shape index (κ1) is 17.2. The maximum atomic E-state index is 2.64. The predicted molar refractivity (Wildman–Crippen MR) is 89.1 cm³/mol. The van der Waals surface area contributed by atoms with Crippen LogP contribution in [-0.2, 0) is 0 Å². The highest BCUT2D eigenvalue weighted by Gasteiger charge is 2.31. The van der Waals surface area contributed by atoms with Gasteiger partial charge in [-0.05, 0) is 32.9 Å². The van der Waals surface area contributed by atoms with E-state index in [1.165, 1.54) is 25.2 Å². The quantitative estimate of drug-likeness (QED) is 0.817. The Morgan fingerprint density at radius 3 is 2.20 bits per heavy atom. The van der Waals surface area contributed by atoms with E-state index in [2.05, 4.69) is 67.8 Å². The van der Waals surface area contributed by atoms with Crippen LogP contribution in [-0.4, -0.2) is 41.5 Å². The summed E-state index contributed by atoms with van der Waals surface area (Å²) in [5.74, 6) is 0. The molecule has 0 aliphatic carbocycles. The molecular weight excluding hydrogens is 244 g/mol. The first-order valence-electron chi connectivity index (χ1n) is 8.18. The number of rotatable bonds is 3. The molecule has 0 N–H and O–H groups in total. The molecule has 0 amide bonds. The lowest BCUT2D eigenvalue weighted by Crippen LogP contribution is -2.56. The van der Waals surface area contributed by atoms with Gasteiger partial charge in [-0.25, -0.2) is 0 Å². The summed E-state index contributed by atoms with van der Waals surface area (Å²) < 4.78 is 0. The highest BCUT2D eigenvalue weighted by Crippen LogP contribution is 2.26. The van der Waals surface area contributed by atoms with Gasteiger partial charge in [-0.3, -0.25) is 9.80 Å². The smallest absolute Gasteiger partial charge is 0.0323 e. The monoisotopic (exact) mass is 276 g/mol. The van der Waals surface area contributed by atoms with Crippen molar-refractivity contribution in [2.24, 2.45) is 0 Å². The molecule has 1 aliphatic rings. The van der Waals surface area contributed by atoms with Gasteiger partial charge in [0, 0.05) is 31.2 Å². The van der Waals surface area contributed by atoms with Crippen molar-refractivity contribution >= 4 is 0 Å². The maximum absolute atomic E-state index is 2.64. The number of piperazine rings is 1. The van der Waals surface area contributed by atoms with Crippen molar-refractivity contribution in [2.75, 3.05) is 19.6 Å². The maximum Gasteiger partial charge on any atom is 0.0323 e. The van der Waals surface area contributed by atoms with Gasteiger partial charge in [0.25, 0.3) is 0 Å². The van der Waals surface area contributed by atoms with E-state index in [1.807, 2.05) is 13.8 Å². The summed E-state index contributed by atoms with van der Waals surface area (Å²) in [7, 11) is 0. The topological polar surface area (TPSA) is 6.48 Å². The zero-order chi connectivity index (χ0) is 15.1. The molecule has 1 fully saturated rings. The Kier molecular flexibility index (Phi) is 7.25. The van der Waals surface area contributed by atoms with Gasteiger partial charge >= 0.3 is 0 Å².